The van der Waals surface area contributed by atoms with Gasteiger partial charge in [0.25, 0.3) is 0 Å². The third kappa shape index (κ3) is 3.51. The second-order valence-corrected chi connectivity index (χ2v) is 6.57. The second kappa shape index (κ2) is 7.29. The van der Waals surface area contributed by atoms with Crippen molar-refractivity contribution in [1.29, 1.82) is 0 Å². The van der Waals surface area contributed by atoms with Gasteiger partial charge in [0.05, 0.1) is 6.54 Å². The Bertz CT molecular complexity index is 391. The first-order valence-corrected chi connectivity index (χ1v) is 8.46. The van der Waals surface area contributed by atoms with Gasteiger partial charge in [0, 0.05) is 11.8 Å². The minimum absolute atomic E-state index is 0.482. The van der Waals surface area contributed by atoms with Gasteiger partial charge in [-0.15, -0.1) is 10.2 Å². The molecule has 2 unspecified atom stereocenters. The van der Waals surface area contributed by atoms with Crippen LogP contribution in [0.2, 0.25) is 0 Å². The Labute approximate surface area is 120 Å². The van der Waals surface area contributed by atoms with Gasteiger partial charge < -0.3 is 10.3 Å². The highest BCUT2D eigenvalue weighted by Crippen LogP contribution is 2.38. The van der Waals surface area contributed by atoms with Crippen LogP contribution in [0.4, 0.5) is 0 Å². The van der Waals surface area contributed by atoms with Crippen LogP contribution < -0.4 is 5.73 Å². The van der Waals surface area contributed by atoms with Crippen molar-refractivity contribution in [1.82, 2.24) is 14.8 Å². The number of nitrogens with two attached hydrogens (primary N) is 1. The standard InChI is InChI=1S/C14H26N4S/c1-3-9-18-13(10-15)16-17-14(18)19-12-8-6-5-7-11(12)4-2/h11-12H,3-10,15H2,1-2H3. The quantitative estimate of drug-likeness (QED) is 0.870. The fourth-order valence-electron chi connectivity index (χ4n) is 2.94. The van der Waals surface area contributed by atoms with Crippen molar-refractivity contribution in [3.05, 3.63) is 5.82 Å². The zero-order valence-electron chi connectivity index (χ0n) is 12.1. The summed E-state index contributed by atoms with van der Waals surface area (Å²) in [4.78, 5) is 0. The normalized spacial score (nSPS) is 23.7. The molecule has 4 nitrogen and oxygen atoms in total. The fourth-order valence-corrected chi connectivity index (χ4v) is 4.42. The van der Waals surface area contributed by atoms with Gasteiger partial charge in [0.2, 0.25) is 0 Å². The van der Waals surface area contributed by atoms with E-state index in [1.54, 1.807) is 0 Å². The minimum atomic E-state index is 0.482. The zero-order valence-corrected chi connectivity index (χ0v) is 13.0. The van der Waals surface area contributed by atoms with E-state index in [0.717, 1.165) is 29.9 Å². The summed E-state index contributed by atoms with van der Waals surface area (Å²) in [5.41, 5.74) is 5.75. The SMILES string of the molecule is CCCn1c(CN)nnc1SC1CCCCC1CC. The maximum atomic E-state index is 5.75. The number of hydrogen-bond donors (Lipinski definition) is 1. The van der Waals surface area contributed by atoms with Gasteiger partial charge in [0.1, 0.15) is 5.82 Å². The lowest BCUT2D eigenvalue weighted by atomic mass is 9.87. The van der Waals surface area contributed by atoms with Gasteiger partial charge in [-0.3, -0.25) is 0 Å². The van der Waals surface area contributed by atoms with Crippen LogP contribution in [0.1, 0.15) is 58.2 Å². The first-order valence-electron chi connectivity index (χ1n) is 7.58. The number of thioether (sulfide) groups is 1. The summed E-state index contributed by atoms with van der Waals surface area (Å²) in [6, 6.07) is 0. The Morgan fingerprint density at radius 2 is 2.05 bits per heavy atom. The Kier molecular flexibility index (Phi) is 5.70. The summed E-state index contributed by atoms with van der Waals surface area (Å²) in [5.74, 6) is 1.76. The van der Waals surface area contributed by atoms with E-state index in [4.69, 9.17) is 5.73 Å². The van der Waals surface area contributed by atoms with E-state index in [-0.39, 0.29) is 0 Å². The Morgan fingerprint density at radius 1 is 1.26 bits per heavy atom. The van der Waals surface area contributed by atoms with Gasteiger partial charge in [0.15, 0.2) is 5.16 Å². The van der Waals surface area contributed by atoms with Crippen LogP contribution in [0.15, 0.2) is 5.16 Å². The van der Waals surface area contributed by atoms with Crippen molar-refractivity contribution in [3.8, 4) is 0 Å². The summed E-state index contributed by atoms with van der Waals surface area (Å²) in [6.07, 6.45) is 7.83. The largest absolute Gasteiger partial charge is 0.324 e. The van der Waals surface area contributed by atoms with Crippen LogP contribution in [0.25, 0.3) is 0 Å². The predicted octanol–water partition coefficient (Wildman–Crippen LogP) is 3.21. The molecule has 0 aromatic carbocycles. The van der Waals surface area contributed by atoms with E-state index >= 15 is 0 Å². The highest BCUT2D eigenvalue weighted by molar-refractivity contribution is 7.99. The predicted molar refractivity (Wildman–Crippen MR) is 80.1 cm³/mol. The monoisotopic (exact) mass is 282 g/mol. The Morgan fingerprint density at radius 3 is 2.74 bits per heavy atom. The first-order chi connectivity index (χ1) is 9.30. The van der Waals surface area contributed by atoms with Crippen LogP contribution in [0.5, 0.6) is 0 Å². The maximum Gasteiger partial charge on any atom is 0.191 e. The van der Waals surface area contributed by atoms with Crippen molar-refractivity contribution in [2.75, 3.05) is 0 Å². The molecule has 1 aliphatic carbocycles. The van der Waals surface area contributed by atoms with E-state index in [1.165, 1.54) is 32.1 Å². The fraction of sp³-hybridized carbons (Fsp3) is 0.857. The summed E-state index contributed by atoms with van der Waals surface area (Å²) in [6.45, 7) is 5.95. The molecular formula is C14H26N4S. The molecule has 0 bridgehead atoms. The minimum Gasteiger partial charge on any atom is -0.324 e. The highest BCUT2D eigenvalue weighted by atomic mass is 32.2. The van der Waals surface area contributed by atoms with Gasteiger partial charge in [-0.1, -0.05) is 44.9 Å². The van der Waals surface area contributed by atoms with E-state index in [9.17, 15) is 0 Å². The molecule has 0 radical (unpaired) electrons. The zero-order chi connectivity index (χ0) is 13.7. The molecule has 0 saturated heterocycles. The molecule has 2 rings (SSSR count). The number of nitrogens with zero attached hydrogens (tertiary/aromatic N) is 3. The lowest BCUT2D eigenvalue weighted by Gasteiger charge is -2.29. The van der Waals surface area contributed by atoms with Crippen molar-refractivity contribution >= 4 is 11.8 Å². The molecule has 1 heterocycles. The molecule has 0 spiro atoms. The summed E-state index contributed by atoms with van der Waals surface area (Å²) < 4.78 is 2.21. The molecule has 1 saturated carbocycles. The van der Waals surface area contributed by atoms with Gasteiger partial charge in [-0.2, -0.15) is 0 Å². The third-order valence-corrected chi connectivity index (χ3v) is 5.48. The van der Waals surface area contributed by atoms with Crippen molar-refractivity contribution in [3.63, 3.8) is 0 Å². The lowest BCUT2D eigenvalue weighted by molar-refractivity contribution is 0.360. The highest BCUT2D eigenvalue weighted by Gasteiger charge is 2.26. The average Bonchev–Trinajstić information content (AvgIpc) is 2.82. The van der Waals surface area contributed by atoms with E-state index in [1.807, 2.05) is 11.8 Å². The average molecular weight is 282 g/mol. The van der Waals surface area contributed by atoms with Gasteiger partial charge in [-0.25, -0.2) is 0 Å². The van der Waals surface area contributed by atoms with E-state index < -0.39 is 0 Å². The molecule has 1 aromatic heterocycles. The third-order valence-electron chi connectivity index (χ3n) is 4.04. The van der Waals surface area contributed by atoms with Gasteiger partial charge in [-0.05, 0) is 25.2 Å². The molecule has 1 aliphatic rings. The van der Waals surface area contributed by atoms with Gasteiger partial charge >= 0.3 is 0 Å². The summed E-state index contributed by atoms with van der Waals surface area (Å²) in [7, 11) is 0. The molecule has 1 aromatic rings. The molecule has 108 valence electrons. The molecule has 2 N–H and O–H groups in total. The molecular weight excluding hydrogens is 256 g/mol. The molecule has 1 fully saturated rings. The number of aromatic nitrogens is 3. The van der Waals surface area contributed by atoms with Crippen LogP contribution in [0, 0.1) is 5.92 Å². The van der Waals surface area contributed by atoms with Crippen LogP contribution in [-0.2, 0) is 13.1 Å². The molecule has 0 aliphatic heterocycles. The summed E-state index contributed by atoms with van der Waals surface area (Å²) in [5, 5.41) is 10.4. The van der Waals surface area contributed by atoms with Crippen molar-refractivity contribution < 1.29 is 0 Å². The van der Waals surface area contributed by atoms with Crippen LogP contribution in [0.3, 0.4) is 0 Å². The Balaban J connectivity index is 2.10. The van der Waals surface area contributed by atoms with E-state index in [2.05, 4.69) is 28.6 Å². The second-order valence-electron chi connectivity index (χ2n) is 5.36. The Hall–Kier alpha value is -0.550. The topological polar surface area (TPSA) is 56.7 Å². The number of rotatable bonds is 6. The lowest BCUT2D eigenvalue weighted by Crippen LogP contribution is -2.22. The maximum absolute atomic E-state index is 5.75. The van der Waals surface area contributed by atoms with Crippen LogP contribution in [-0.4, -0.2) is 20.0 Å². The van der Waals surface area contributed by atoms with Crippen molar-refractivity contribution in [2.45, 2.75) is 75.9 Å². The number of hydrogen-bond acceptors (Lipinski definition) is 4. The summed E-state index contributed by atoms with van der Waals surface area (Å²) >= 11 is 1.93. The molecule has 19 heavy (non-hydrogen) atoms. The molecule has 5 heteroatoms. The smallest absolute Gasteiger partial charge is 0.191 e. The van der Waals surface area contributed by atoms with Crippen LogP contribution >= 0.6 is 11.8 Å². The van der Waals surface area contributed by atoms with E-state index in [0.29, 0.717) is 11.8 Å². The molecule has 2 atom stereocenters. The molecule has 0 amide bonds. The van der Waals surface area contributed by atoms with Crippen molar-refractivity contribution in [2.24, 2.45) is 11.7 Å². The first kappa shape index (κ1) is 14.9.